The van der Waals surface area contributed by atoms with Crippen molar-refractivity contribution in [3.63, 3.8) is 0 Å². The molecule has 0 aromatic rings. The van der Waals surface area contributed by atoms with Gasteiger partial charge in [0.25, 0.3) is 0 Å². The summed E-state index contributed by atoms with van der Waals surface area (Å²) in [6.07, 6.45) is 11.8. The summed E-state index contributed by atoms with van der Waals surface area (Å²) < 4.78 is 0. The summed E-state index contributed by atoms with van der Waals surface area (Å²) in [4.78, 5) is 8.33. The van der Waals surface area contributed by atoms with Gasteiger partial charge in [-0.15, -0.1) is 0 Å². The quantitative estimate of drug-likeness (QED) is 0.463. The molecule has 0 aromatic carbocycles. The molecule has 0 rings (SSSR count). The summed E-state index contributed by atoms with van der Waals surface area (Å²) in [6.45, 7) is 12.8. The Balaban J connectivity index is 4.99. The molecule has 0 amide bonds. The van der Waals surface area contributed by atoms with Gasteiger partial charge in [0.1, 0.15) is 0 Å². The van der Waals surface area contributed by atoms with Crippen molar-refractivity contribution in [2.24, 2.45) is 9.98 Å². The summed E-state index contributed by atoms with van der Waals surface area (Å²) in [5.41, 5.74) is 1.37. The van der Waals surface area contributed by atoms with Gasteiger partial charge >= 0.3 is 0 Å². The number of nitrogens with zero attached hydrogens (tertiary/aromatic N) is 2. The third-order valence-electron chi connectivity index (χ3n) is 1.45. The first-order valence-electron chi connectivity index (χ1n) is 4.59. The first kappa shape index (κ1) is 13.0. The van der Waals surface area contributed by atoms with E-state index in [1.807, 2.05) is 13.0 Å². The smallest absolute Gasteiger partial charge is 0.0879 e. The van der Waals surface area contributed by atoms with E-state index in [2.05, 4.69) is 29.7 Å². The molecule has 2 nitrogen and oxygen atoms in total. The van der Waals surface area contributed by atoms with Gasteiger partial charge in [0, 0.05) is 12.4 Å². The van der Waals surface area contributed by atoms with Crippen LogP contribution in [0.2, 0.25) is 0 Å². The predicted octanol–water partition coefficient (Wildman–Crippen LogP) is 3.47. The molecular formula is C13H16N2. The molecule has 15 heavy (non-hydrogen) atoms. The van der Waals surface area contributed by atoms with Crippen LogP contribution in [0.25, 0.3) is 0 Å². The van der Waals surface area contributed by atoms with Crippen LogP contribution in [-0.2, 0) is 0 Å². The zero-order valence-electron chi connectivity index (χ0n) is 9.06. The van der Waals surface area contributed by atoms with Crippen molar-refractivity contribution in [3.8, 4) is 0 Å². The van der Waals surface area contributed by atoms with E-state index in [0.29, 0.717) is 11.4 Å². The summed E-state index contributed by atoms with van der Waals surface area (Å²) in [5.74, 6) is 0. The first-order chi connectivity index (χ1) is 7.29. The van der Waals surface area contributed by atoms with E-state index in [1.54, 1.807) is 36.7 Å². The number of hydrogen-bond donors (Lipinski definition) is 0. The lowest BCUT2D eigenvalue weighted by Crippen LogP contribution is -2.07. The van der Waals surface area contributed by atoms with Crippen molar-refractivity contribution in [3.05, 3.63) is 62.5 Å². The number of allylic oxidation sites excluding steroid dienone is 5. The molecule has 0 spiro atoms. The summed E-state index contributed by atoms with van der Waals surface area (Å²) in [6, 6.07) is 0. The minimum absolute atomic E-state index is 0.682. The number of aliphatic imine (C=N–C) groups is 2. The fraction of sp³-hybridized carbons (Fsp3) is 0.0769. The van der Waals surface area contributed by atoms with Gasteiger partial charge in [-0.2, -0.15) is 0 Å². The molecule has 0 saturated heterocycles. The Kier molecular flexibility index (Phi) is 7.50. The molecule has 0 unspecified atom stereocenters. The van der Waals surface area contributed by atoms with Gasteiger partial charge in [-0.05, 0) is 25.2 Å². The Morgan fingerprint density at radius 3 is 1.87 bits per heavy atom. The topological polar surface area (TPSA) is 24.7 Å². The van der Waals surface area contributed by atoms with Crippen LogP contribution in [0.5, 0.6) is 0 Å². The van der Waals surface area contributed by atoms with Gasteiger partial charge in [0.05, 0.1) is 11.4 Å². The molecule has 0 aliphatic carbocycles. The Morgan fingerprint density at radius 1 is 0.933 bits per heavy atom. The molecule has 78 valence electrons. The van der Waals surface area contributed by atoms with E-state index in [-0.39, 0.29) is 0 Å². The first-order valence-corrected chi connectivity index (χ1v) is 4.59. The van der Waals surface area contributed by atoms with E-state index in [1.165, 1.54) is 0 Å². The van der Waals surface area contributed by atoms with Crippen molar-refractivity contribution in [1.82, 2.24) is 0 Å². The molecule has 0 aromatic heterocycles. The molecule has 0 atom stereocenters. The molecule has 0 saturated carbocycles. The van der Waals surface area contributed by atoms with Gasteiger partial charge in [-0.3, -0.25) is 9.98 Å². The normalized spacial score (nSPS) is 13.4. The fourth-order valence-electron chi connectivity index (χ4n) is 0.786. The van der Waals surface area contributed by atoms with Crippen LogP contribution in [0.15, 0.2) is 72.5 Å². The highest BCUT2D eigenvalue weighted by atomic mass is 14.8. The van der Waals surface area contributed by atoms with Gasteiger partial charge in [0.2, 0.25) is 0 Å². The minimum Gasteiger partial charge on any atom is -0.255 e. The Bertz CT molecular complexity index is 342. The van der Waals surface area contributed by atoms with Crippen LogP contribution in [0.1, 0.15) is 6.92 Å². The van der Waals surface area contributed by atoms with E-state index in [9.17, 15) is 0 Å². The molecular weight excluding hydrogens is 184 g/mol. The zero-order chi connectivity index (χ0) is 11.5. The van der Waals surface area contributed by atoms with Gasteiger partial charge in [0.15, 0.2) is 0 Å². The van der Waals surface area contributed by atoms with Crippen molar-refractivity contribution in [2.45, 2.75) is 6.92 Å². The maximum Gasteiger partial charge on any atom is 0.0879 e. The highest BCUT2D eigenvalue weighted by Gasteiger charge is 1.97. The molecule has 2 heteroatoms. The third-order valence-corrected chi connectivity index (χ3v) is 1.45. The lowest BCUT2D eigenvalue weighted by Gasteiger charge is -1.97. The highest BCUT2D eigenvalue weighted by Crippen LogP contribution is 1.92. The Hall–Kier alpha value is -1.96. The summed E-state index contributed by atoms with van der Waals surface area (Å²) >= 11 is 0. The van der Waals surface area contributed by atoms with Crippen LogP contribution in [0.4, 0.5) is 0 Å². The van der Waals surface area contributed by atoms with Crippen molar-refractivity contribution < 1.29 is 0 Å². The SMILES string of the molecule is C=C/C=C\N=C(C=C)C(C=C)=N/C=C\C. The second-order valence-corrected chi connectivity index (χ2v) is 2.50. The summed E-state index contributed by atoms with van der Waals surface area (Å²) in [5, 5.41) is 0. The minimum atomic E-state index is 0.682. The van der Waals surface area contributed by atoms with Crippen LogP contribution >= 0.6 is 0 Å². The second-order valence-electron chi connectivity index (χ2n) is 2.50. The second kappa shape index (κ2) is 8.63. The third kappa shape index (κ3) is 5.37. The number of rotatable bonds is 6. The average Bonchev–Trinajstić information content (AvgIpc) is 2.27. The van der Waals surface area contributed by atoms with Gasteiger partial charge < -0.3 is 0 Å². The van der Waals surface area contributed by atoms with E-state index in [4.69, 9.17) is 0 Å². The lowest BCUT2D eigenvalue weighted by atomic mass is 10.2. The van der Waals surface area contributed by atoms with E-state index < -0.39 is 0 Å². The van der Waals surface area contributed by atoms with Gasteiger partial charge in [-0.1, -0.05) is 31.9 Å². The van der Waals surface area contributed by atoms with E-state index in [0.717, 1.165) is 0 Å². The number of hydrogen-bond acceptors (Lipinski definition) is 2. The molecule has 0 aliphatic rings. The highest BCUT2D eigenvalue weighted by molar-refractivity contribution is 6.50. The van der Waals surface area contributed by atoms with Crippen LogP contribution in [0, 0.1) is 0 Å². The van der Waals surface area contributed by atoms with Crippen LogP contribution in [-0.4, -0.2) is 11.4 Å². The Morgan fingerprint density at radius 2 is 1.47 bits per heavy atom. The maximum absolute atomic E-state index is 4.17. The molecule has 0 aliphatic heterocycles. The average molecular weight is 200 g/mol. The van der Waals surface area contributed by atoms with E-state index >= 15 is 0 Å². The Labute approximate surface area is 91.5 Å². The van der Waals surface area contributed by atoms with Crippen molar-refractivity contribution >= 4 is 11.4 Å². The standard InChI is InChI=1S/C13H16N2/c1-5-9-11-15-13(8-4)12(7-3)14-10-6-2/h5-11H,1,3-4H2,2H3/b10-6-,11-9-,14-12?,15-13?. The monoisotopic (exact) mass is 200 g/mol. The largest absolute Gasteiger partial charge is 0.255 e. The predicted molar refractivity (Wildman–Crippen MR) is 69.4 cm³/mol. The van der Waals surface area contributed by atoms with Crippen molar-refractivity contribution in [1.29, 1.82) is 0 Å². The zero-order valence-corrected chi connectivity index (χ0v) is 9.06. The molecule has 0 bridgehead atoms. The summed E-state index contributed by atoms with van der Waals surface area (Å²) in [7, 11) is 0. The molecule has 0 radical (unpaired) electrons. The van der Waals surface area contributed by atoms with Crippen LogP contribution < -0.4 is 0 Å². The lowest BCUT2D eigenvalue weighted by molar-refractivity contribution is 1.52. The maximum atomic E-state index is 4.17. The van der Waals surface area contributed by atoms with Gasteiger partial charge in [-0.25, -0.2) is 0 Å². The van der Waals surface area contributed by atoms with Crippen molar-refractivity contribution in [2.75, 3.05) is 0 Å². The molecule has 0 fully saturated rings. The fourth-order valence-corrected chi connectivity index (χ4v) is 0.786. The molecule has 0 heterocycles. The van der Waals surface area contributed by atoms with Crippen LogP contribution in [0.3, 0.4) is 0 Å². The molecule has 0 N–H and O–H groups in total.